The quantitative estimate of drug-likeness (QED) is 0.116. The van der Waals surface area contributed by atoms with Gasteiger partial charge in [-0.15, -0.1) is 6.58 Å². The van der Waals surface area contributed by atoms with Crippen molar-refractivity contribution in [2.45, 2.75) is 133 Å². The largest absolute Gasteiger partial charge is 0.491 e. The van der Waals surface area contributed by atoms with Gasteiger partial charge in [-0.3, -0.25) is 28.8 Å². The van der Waals surface area contributed by atoms with Crippen molar-refractivity contribution in [3.8, 4) is 5.75 Å². The minimum atomic E-state index is -3.95. The molecule has 1 aromatic heterocycles. The van der Waals surface area contributed by atoms with Gasteiger partial charge >= 0.3 is 6.09 Å². The number of likely N-dealkylation sites (tertiary alicyclic amines) is 1. The minimum absolute atomic E-state index is 0.131. The normalized spacial score (nSPS) is 25.9. The van der Waals surface area contributed by atoms with Crippen molar-refractivity contribution in [2.75, 3.05) is 46.0 Å². The van der Waals surface area contributed by atoms with Gasteiger partial charge < -0.3 is 34.7 Å². The molecule has 2 saturated heterocycles. The van der Waals surface area contributed by atoms with E-state index in [9.17, 15) is 32.4 Å². The Kier molecular flexibility index (Phi) is 14.0. The number of nitrogens with zero attached hydrogens (tertiary/aromatic N) is 2. The highest BCUT2D eigenvalue weighted by molar-refractivity contribution is 7.91. The molecular weight excluding hydrogens is 829 g/mol. The highest BCUT2D eigenvalue weighted by atomic mass is 32.2. The van der Waals surface area contributed by atoms with Crippen LogP contribution in [0.1, 0.15) is 104 Å². The van der Waals surface area contributed by atoms with Crippen molar-refractivity contribution in [1.82, 2.24) is 30.1 Å². The second-order valence-corrected chi connectivity index (χ2v) is 21.7. The van der Waals surface area contributed by atoms with Crippen LogP contribution in [0.4, 0.5) is 4.79 Å². The Bertz CT molecular complexity index is 2210. The maximum absolute atomic E-state index is 14.2. The van der Waals surface area contributed by atoms with E-state index in [4.69, 9.17) is 14.2 Å². The summed E-state index contributed by atoms with van der Waals surface area (Å²) < 4.78 is 44.8. The Morgan fingerprint density at radius 3 is 2.48 bits per heavy atom. The Balaban J connectivity index is 0.885. The van der Waals surface area contributed by atoms with E-state index in [1.54, 1.807) is 13.0 Å². The lowest BCUT2D eigenvalue weighted by molar-refractivity contribution is -0.145. The summed E-state index contributed by atoms with van der Waals surface area (Å²) in [5.41, 5.74) is -0.960. The zero-order valence-corrected chi connectivity index (χ0v) is 38.1. The second kappa shape index (κ2) is 18.9. The maximum atomic E-state index is 14.2. The Morgan fingerprint density at radius 1 is 1.05 bits per heavy atom. The van der Waals surface area contributed by atoms with E-state index in [1.807, 2.05) is 45.0 Å². The molecule has 5 fully saturated rings. The molecule has 2 aromatic rings. The number of fused-ring (bicyclic) bond motifs is 1. The highest BCUT2D eigenvalue weighted by Gasteiger charge is 2.58. The standard InChI is InChI=1S/C46H66N6O10S/c1-6-31-18-19-46(31,42(56)50-63(58,59)45(5)20-21-45)49-40(54)35-17-12-22-52(35)41(55)38(44(2,3)4)48-43(57)62-36-29-30(36)13-8-7-9-15-33-37(61-28-25-51-23-26-60-27-24-51)32-14-10-11-16-34(32)47-39(33)53/h6,10-11,14,16,30-31,35-36,38H,1,7-9,12-13,15,17-29H2,2-5H3,(H,47,53)(H,48,57)(H,49,54)(H,50,56). The summed E-state index contributed by atoms with van der Waals surface area (Å²) in [7, 11) is -3.95. The van der Waals surface area contributed by atoms with Crippen molar-refractivity contribution in [3.63, 3.8) is 0 Å². The van der Waals surface area contributed by atoms with Gasteiger partial charge in [0.25, 0.3) is 11.5 Å². The van der Waals surface area contributed by atoms with Crippen LogP contribution in [-0.2, 0) is 40.3 Å². The van der Waals surface area contributed by atoms with Gasteiger partial charge in [0.15, 0.2) is 0 Å². The molecule has 0 radical (unpaired) electrons. The summed E-state index contributed by atoms with van der Waals surface area (Å²) in [6.45, 7) is 15.6. The number of benzene rings is 1. The predicted octanol–water partition coefficient (Wildman–Crippen LogP) is 4.31. The third-order valence-electron chi connectivity index (χ3n) is 13.9. The number of alkyl carbamates (subject to hydrolysis) is 1. The van der Waals surface area contributed by atoms with E-state index in [0.29, 0.717) is 69.7 Å². The highest BCUT2D eigenvalue weighted by Crippen LogP contribution is 2.45. The number of sulfonamides is 1. The molecule has 4 amide bonds. The first-order valence-electron chi connectivity index (χ1n) is 22.8. The molecule has 4 N–H and O–H groups in total. The number of hydrogen-bond donors (Lipinski definition) is 4. The number of amides is 4. The number of carbonyl (C=O) groups is 4. The number of aromatic nitrogens is 1. The third kappa shape index (κ3) is 10.4. The molecule has 3 heterocycles. The van der Waals surface area contributed by atoms with Gasteiger partial charge in [0.05, 0.1) is 29.0 Å². The number of nitrogens with one attached hydrogen (secondary N) is 4. The van der Waals surface area contributed by atoms with E-state index in [0.717, 1.165) is 62.6 Å². The summed E-state index contributed by atoms with van der Waals surface area (Å²) in [5, 5.41) is 6.55. The molecule has 5 aliphatic rings. The summed E-state index contributed by atoms with van der Waals surface area (Å²) in [5.74, 6) is -1.40. The van der Waals surface area contributed by atoms with Crippen LogP contribution in [0.5, 0.6) is 5.75 Å². The lowest BCUT2D eigenvalue weighted by atomic mass is 9.66. The van der Waals surface area contributed by atoms with E-state index in [2.05, 4.69) is 31.8 Å². The Morgan fingerprint density at radius 2 is 1.79 bits per heavy atom. The molecule has 3 aliphatic carbocycles. The van der Waals surface area contributed by atoms with Crippen LogP contribution in [0.25, 0.3) is 10.9 Å². The average molecular weight is 895 g/mol. The van der Waals surface area contributed by atoms with Crippen LogP contribution in [-0.4, -0.2) is 121 Å². The molecule has 6 atom stereocenters. The number of hydrogen-bond acceptors (Lipinski definition) is 11. The first kappa shape index (κ1) is 46.5. The number of ether oxygens (including phenoxy) is 3. The fourth-order valence-electron chi connectivity index (χ4n) is 9.20. The molecule has 2 aliphatic heterocycles. The lowest BCUT2D eigenvalue weighted by Crippen LogP contribution is -2.70. The first-order valence-corrected chi connectivity index (χ1v) is 24.3. The molecular formula is C46H66N6O10S. The van der Waals surface area contributed by atoms with Crippen molar-refractivity contribution < 1.29 is 41.8 Å². The second-order valence-electron chi connectivity index (χ2n) is 19.5. The van der Waals surface area contributed by atoms with Crippen LogP contribution >= 0.6 is 0 Å². The molecule has 16 nitrogen and oxygen atoms in total. The number of rotatable bonds is 19. The number of aromatic amines is 1. The summed E-state index contributed by atoms with van der Waals surface area (Å²) in [4.78, 5) is 75.1. The van der Waals surface area contributed by atoms with Crippen LogP contribution in [0.15, 0.2) is 41.7 Å². The van der Waals surface area contributed by atoms with E-state index in [1.165, 1.54) is 4.90 Å². The minimum Gasteiger partial charge on any atom is -0.491 e. The van der Waals surface area contributed by atoms with E-state index in [-0.39, 0.29) is 30.5 Å². The SMILES string of the molecule is C=CC1CCC1(NC(=O)C1CCCN1C(=O)C(NC(=O)OC1CC1CCCCCc1c(OCCN2CCOCC2)c2ccccc2[nH]c1=O)C(C)(C)C)C(=O)NS(=O)(=O)C1(C)CC1. The Hall–Kier alpha value is -4.48. The summed E-state index contributed by atoms with van der Waals surface area (Å²) in [6, 6.07) is 5.79. The summed E-state index contributed by atoms with van der Waals surface area (Å²) in [6.07, 6.45) is 7.90. The molecule has 3 saturated carbocycles. The average Bonchev–Trinajstić information content (AvgIpc) is 4.11. The molecule has 0 bridgehead atoms. The van der Waals surface area contributed by atoms with Gasteiger partial charge in [0.1, 0.15) is 36.1 Å². The predicted molar refractivity (Wildman–Crippen MR) is 237 cm³/mol. The number of pyridine rings is 1. The van der Waals surface area contributed by atoms with Crippen LogP contribution in [0.2, 0.25) is 0 Å². The first-order chi connectivity index (χ1) is 30.0. The van der Waals surface area contributed by atoms with Gasteiger partial charge in [-0.1, -0.05) is 51.8 Å². The maximum Gasteiger partial charge on any atom is 0.408 e. The number of H-pyrrole nitrogens is 1. The van der Waals surface area contributed by atoms with Crippen molar-refractivity contribution >= 4 is 44.7 Å². The van der Waals surface area contributed by atoms with E-state index < -0.39 is 67.5 Å². The number of carbonyl (C=O) groups excluding carboxylic acids is 4. The van der Waals surface area contributed by atoms with Crippen LogP contribution in [0, 0.1) is 17.3 Å². The monoisotopic (exact) mass is 894 g/mol. The van der Waals surface area contributed by atoms with Gasteiger partial charge in [-0.05, 0) is 94.6 Å². The van der Waals surface area contributed by atoms with Crippen LogP contribution < -0.4 is 25.7 Å². The van der Waals surface area contributed by atoms with Crippen molar-refractivity contribution in [3.05, 3.63) is 52.8 Å². The van der Waals surface area contributed by atoms with Gasteiger partial charge in [0, 0.05) is 37.5 Å². The van der Waals surface area contributed by atoms with E-state index >= 15 is 0 Å². The third-order valence-corrected chi connectivity index (χ3v) is 16.1. The molecule has 346 valence electrons. The fourth-order valence-corrected chi connectivity index (χ4v) is 10.5. The van der Waals surface area contributed by atoms with Gasteiger partial charge in [-0.2, -0.15) is 0 Å². The molecule has 0 spiro atoms. The van der Waals surface area contributed by atoms with Gasteiger partial charge in [0.2, 0.25) is 21.8 Å². The number of unbranched alkanes of at least 4 members (excludes halogenated alkanes) is 2. The topological polar surface area (TPSA) is 206 Å². The zero-order valence-electron chi connectivity index (χ0n) is 37.3. The van der Waals surface area contributed by atoms with Crippen molar-refractivity contribution in [1.29, 1.82) is 0 Å². The molecule has 6 unspecified atom stereocenters. The number of para-hydroxylation sites is 1. The lowest BCUT2D eigenvalue weighted by Gasteiger charge is -2.47. The molecule has 63 heavy (non-hydrogen) atoms. The smallest absolute Gasteiger partial charge is 0.408 e. The van der Waals surface area contributed by atoms with Crippen LogP contribution in [0.3, 0.4) is 0 Å². The van der Waals surface area contributed by atoms with Crippen molar-refractivity contribution in [2.24, 2.45) is 17.3 Å². The zero-order chi connectivity index (χ0) is 45.2. The summed E-state index contributed by atoms with van der Waals surface area (Å²) >= 11 is 0. The molecule has 17 heteroatoms. The molecule has 7 rings (SSSR count). The number of morpholine rings is 1. The molecule has 1 aromatic carbocycles. The fraction of sp³-hybridized carbons (Fsp3) is 0.674. The van der Waals surface area contributed by atoms with Gasteiger partial charge in [-0.25, -0.2) is 13.2 Å². The Labute approximate surface area is 370 Å².